The summed E-state index contributed by atoms with van der Waals surface area (Å²) in [6.07, 6.45) is 3.84. The van der Waals surface area contributed by atoms with Crippen molar-refractivity contribution in [2.75, 3.05) is 4.90 Å². The van der Waals surface area contributed by atoms with Gasteiger partial charge in [0, 0.05) is 17.5 Å². The van der Waals surface area contributed by atoms with Gasteiger partial charge in [0.05, 0.1) is 10.6 Å². The number of rotatable bonds is 4. The van der Waals surface area contributed by atoms with Gasteiger partial charge in [-0.15, -0.1) is 11.3 Å². The van der Waals surface area contributed by atoms with E-state index in [2.05, 4.69) is 18.8 Å². The lowest BCUT2D eigenvalue weighted by molar-refractivity contribution is -0.123. The molecule has 0 atom stereocenters. The topological polar surface area (TPSA) is 57.6 Å². The molecule has 5 heteroatoms. The number of carbonyl (C=O) groups excluding carboxylic acids is 1. The van der Waals surface area contributed by atoms with Crippen LogP contribution in [0.1, 0.15) is 66.6 Å². The highest BCUT2D eigenvalue weighted by Gasteiger charge is 2.33. The van der Waals surface area contributed by atoms with Crippen LogP contribution in [0.15, 0.2) is 36.4 Å². The van der Waals surface area contributed by atoms with E-state index in [1.165, 1.54) is 0 Å². The van der Waals surface area contributed by atoms with Gasteiger partial charge in [-0.1, -0.05) is 37.0 Å². The second-order valence-corrected chi connectivity index (χ2v) is 9.06. The van der Waals surface area contributed by atoms with E-state index in [9.17, 15) is 14.7 Å². The average Bonchev–Trinajstić information content (AvgIpc) is 3.11. The summed E-state index contributed by atoms with van der Waals surface area (Å²) in [5.41, 5.74) is 1.34. The van der Waals surface area contributed by atoms with Crippen LogP contribution in [0, 0.1) is 23.7 Å². The number of carboxylic acid groups (broad SMARTS) is 1. The van der Waals surface area contributed by atoms with Crippen LogP contribution in [0.2, 0.25) is 0 Å². The molecule has 2 aromatic rings. The molecule has 1 aliphatic rings. The molecule has 1 aromatic heterocycles. The number of carboxylic acids is 1. The van der Waals surface area contributed by atoms with Gasteiger partial charge in [-0.25, -0.2) is 4.79 Å². The second kappa shape index (κ2) is 9.28. The molecule has 1 saturated carbocycles. The number of hydrogen-bond donors (Lipinski definition) is 1. The zero-order valence-corrected chi connectivity index (χ0v) is 18.0. The molecule has 1 aliphatic carbocycles. The van der Waals surface area contributed by atoms with Crippen molar-refractivity contribution >= 4 is 28.9 Å². The first-order chi connectivity index (χ1) is 13.9. The number of thiophene rings is 1. The third-order valence-electron chi connectivity index (χ3n) is 5.39. The summed E-state index contributed by atoms with van der Waals surface area (Å²) in [6.45, 7) is 6.09. The zero-order chi connectivity index (χ0) is 21.0. The summed E-state index contributed by atoms with van der Waals surface area (Å²) in [6, 6.07) is 11.2. The second-order valence-electron chi connectivity index (χ2n) is 8.00. The first-order valence-corrected chi connectivity index (χ1v) is 11.0. The Balaban J connectivity index is 1.93. The largest absolute Gasteiger partial charge is 0.477 e. The van der Waals surface area contributed by atoms with Crippen LogP contribution in [0.5, 0.6) is 0 Å². The Morgan fingerprint density at radius 2 is 1.76 bits per heavy atom. The highest BCUT2D eigenvalue weighted by atomic mass is 32.1. The molecular formula is C24H27NO3S. The lowest BCUT2D eigenvalue weighted by Gasteiger charge is -2.33. The Kier molecular flexibility index (Phi) is 6.76. The molecule has 0 radical (unpaired) electrons. The normalized spacial score (nSPS) is 18.8. The van der Waals surface area contributed by atoms with Crippen molar-refractivity contribution in [3.8, 4) is 11.8 Å². The number of amides is 1. The van der Waals surface area contributed by atoms with E-state index in [0.29, 0.717) is 16.5 Å². The monoisotopic (exact) mass is 409 g/mol. The van der Waals surface area contributed by atoms with Crippen molar-refractivity contribution in [1.29, 1.82) is 0 Å². The summed E-state index contributed by atoms with van der Waals surface area (Å²) >= 11 is 1.13. The number of aromatic carboxylic acids is 1. The fourth-order valence-corrected chi connectivity index (χ4v) is 4.63. The smallest absolute Gasteiger partial charge is 0.348 e. The maximum Gasteiger partial charge on any atom is 0.348 e. The van der Waals surface area contributed by atoms with Crippen LogP contribution in [-0.2, 0) is 4.79 Å². The van der Waals surface area contributed by atoms with E-state index in [1.807, 2.05) is 44.2 Å². The van der Waals surface area contributed by atoms with Crippen LogP contribution >= 0.6 is 11.3 Å². The molecule has 1 heterocycles. The fourth-order valence-electron chi connectivity index (χ4n) is 3.79. The van der Waals surface area contributed by atoms with Gasteiger partial charge < -0.3 is 10.0 Å². The molecule has 0 unspecified atom stereocenters. The summed E-state index contributed by atoms with van der Waals surface area (Å²) in [4.78, 5) is 27.7. The molecule has 1 fully saturated rings. The molecule has 0 spiro atoms. The molecule has 1 N–H and O–H groups in total. The van der Waals surface area contributed by atoms with Crippen LogP contribution in [-0.4, -0.2) is 23.0 Å². The van der Waals surface area contributed by atoms with E-state index in [0.717, 1.165) is 42.6 Å². The van der Waals surface area contributed by atoms with Crippen LogP contribution < -0.4 is 4.90 Å². The van der Waals surface area contributed by atoms with Crippen molar-refractivity contribution in [1.82, 2.24) is 0 Å². The third-order valence-corrected chi connectivity index (χ3v) is 6.42. The molecule has 1 aromatic carbocycles. The van der Waals surface area contributed by atoms with Crippen molar-refractivity contribution in [2.45, 2.75) is 52.5 Å². The highest BCUT2D eigenvalue weighted by Crippen LogP contribution is 2.36. The quantitative estimate of drug-likeness (QED) is 0.687. The van der Waals surface area contributed by atoms with Gasteiger partial charge in [-0.05, 0) is 63.6 Å². The summed E-state index contributed by atoms with van der Waals surface area (Å²) in [5.74, 6) is 5.77. The van der Waals surface area contributed by atoms with E-state index < -0.39 is 5.97 Å². The molecule has 152 valence electrons. The lowest BCUT2D eigenvalue weighted by Crippen LogP contribution is -2.42. The first-order valence-electron chi connectivity index (χ1n) is 10.1. The van der Waals surface area contributed by atoms with Gasteiger partial charge in [0.1, 0.15) is 4.88 Å². The highest BCUT2D eigenvalue weighted by molar-refractivity contribution is 7.15. The Hall–Kier alpha value is -2.58. The molecule has 0 saturated heterocycles. The van der Waals surface area contributed by atoms with E-state index in [-0.39, 0.29) is 22.7 Å². The Labute approximate surface area is 176 Å². The maximum absolute atomic E-state index is 13.3. The summed E-state index contributed by atoms with van der Waals surface area (Å²) in [5, 5.41) is 9.75. The molecule has 4 nitrogen and oxygen atoms in total. The molecule has 0 aliphatic heterocycles. The van der Waals surface area contributed by atoms with Gasteiger partial charge in [-0.2, -0.15) is 0 Å². The van der Waals surface area contributed by atoms with Crippen LogP contribution in [0.4, 0.5) is 5.69 Å². The number of benzene rings is 1. The average molecular weight is 410 g/mol. The minimum Gasteiger partial charge on any atom is -0.477 e. The van der Waals surface area contributed by atoms with Crippen molar-refractivity contribution in [2.24, 2.45) is 11.8 Å². The Morgan fingerprint density at radius 1 is 1.10 bits per heavy atom. The van der Waals surface area contributed by atoms with Gasteiger partial charge in [0.2, 0.25) is 5.91 Å². The predicted molar refractivity (Wildman–Crippen MR) is 117 cm³/mol. The number of carbonyl (C=O) groups is 2. The zero-order valence-electron chi connectivity index (χ0n) is 17.1. The fraction of sp³-hybridized carbons (Fsp3) is 0.417. The number of anilines is 1. The first kappa shape index (κ1) is 21.1. The summed E-state index contributed by atoms with van der Waals surface area (Å²) < 4.78 is 0. The van der Waals surface area contributed by atoms with Crippen LogP contribution in [0.3, 0.4) is 0 Å². The molecule has 29 heavy (non-hydrogen) atoms. The Bertz CT molecular complexity index is 928. The summed E-state index contributed by atoms with van der Waals surface area (Å²) in [7, 11) is 0. The van der Waals surface area contributed by atoms with E-state index in [4.69, 9.17) is 0 Å². The lowest BCUT2D eigenvalue weighted by atomic mass is 9.82. The Morgan fingerprint density at radius 3 is 2.34 bits per heavy atom. The SMILES string of the molecule is CC(C)N(c1cc(C#Cc2ccccc2)sc1C(=O)O)C(=O)[C@H]1CC[C@H](C)CC1. The number of nitrogens with zero attached hydrogens (tertiary/aromatic N) is 1. The van der Waals surface area contributed by atoms with Crippen molar-refractivity contribution in [3.05, 3.63) is 51.7 Å². The van der Waals surface area contributed by atoms with E-state index >= 15 is 0 Å². The molecule has 1 amide bonds. The standard InChI is InChI=1S/C24H27NO3S/c1-16(2)25(23(26)19-12-9-17(3)10-13-19)21-15-20(29-22(21)24(27)28)14-11-18-7-5-4-6-8-18/h4-8,15-17,19H,9-10,12-13H2,1-3H3,(H,27,28)/t17-,19-. The molecule has 3 rings (SSSR count). The molecule has 0 bridgehead atoms. The maximum atomic E-state index is 13.3. The van der Waals surface area contributed by atoms with Gasteiger partial charge in [0.15, 0.2) is 0 Å². The third kappa shape index (κ3) is 5.07. The van der Waals surface area contributed by atoms with Gasteiger partial charge >= 0.3 is 5.97 Å². The predicted octanol–water partition coefficient (Wildman–Crippen LogP) is 5.41. The van der Waals surface area contributed by atoms with Crippen molar-refractivity contribution in [3.63, 3.8) is 0 Å². The molecular weight excluding hydrogens is 382 g/mol. The minimum atomic E-state index is -1.02. The van der Waals surface area contributed by atoms with E-state index in [1.54, 1.807) is 11.0 Å². The minimum absolute atomic E-state index is 0.0333. The van der Waals surface area contributed by atoms with Crippen molar-refractivity contribution < 1.29 is 14.7 Å². The van der Waals surface area contributed by atoms with Gasteiger partial charge in [-0.3, -0.25) is 4.79 Å². The van der Waals surface area contributed by atoms with Crippen LogP contribution in [0.25, 0.3) is 0 Å². The number of hydrogen-bond acceptors (Lipinski definition) is 3. The van der Waals surface area contributed by atoms with Gasteiger partial charge in [0.25, 0.3) is 0 Å².